The second-order valence-electron chi connectivity index (χ2n) is 8.01. The zero-order valence-electron chi connectivity index (χ0n) is 18.6. The number of nitro benzene ring substituents is 1. The Hall–Kier alpha value is -4.26. The topological polar surface area (TPSA) is 91.4 Å². The van der Waals surface area contributed by atoms with Crippen molar-refractivity contribution >= 4 is 28.5 Å². The van der Waals surface area contributed by atoms with Gasteiger partial charge in [-0.2, -0.15) is 0 Å². The molecule has 7 heteroatoms. The lowest BCUT2D eigenvalue weighted by Gasteiger charge is -2.05. The molecule has 0 aliphatic rings. The van der Waals surface area contributed by atoms with Crippen LogP contribution in [0, 0.1) is 10.1 Å². The van der Waals surface area contributed by atoms with Crippen LogP contribution in [0.1, 0.15) is 40.7 Å². The Morgan fingerprint density at radius 3 is 2.47 bits per heavy atom. The summed E-state index contributed by atoms with van der Waals surface area (Å²) in [6.07, 6.45) is 4.25. The molecular formula is C27H24N2O5. The van der Waals surface area contributed by atoms with E-state index in [0.29, 0.717) is 19.3 Å². The Morgan fingerprint density at radius 2 is 1.68 bits per heavy atom. The van der Waals surface area contributed by atoms with Gasteiger partial charge in [0.2, 0.25) is 0 Å². The van der Waals surface area contributed by atoms with E-state index in [9.17, 15) is 19.7 Å². The van der Waals surface area contributed by atoms with E-state index in [1.165, 1.54) is 22.8 Å². The van der Waals surface area contributed by atoms with Crippen molar-refractivity contribution in [3.63, 3.8) is 0 Å². The number of nitro groups is 1. The Bertz CT molecular complexity index is 1330. The van der Waals surface area contributed by atoms with Crippen molar-refractivity contribution in [2.24, 2.45) is 0 Å². The van der Waals surface area contributed by atoms with E-state index in [1.807, 2.05) is 54.6 Å². The third-order valence-corrected chi connectivity index (χ3v) is 5.64. The van der Waals surface area contributed by atoms with Crippen LogP contribution < -0.4 is 0 Å². The fourth-order valence-electron chi connectivity index (χ4n) is 3.90. The third kappa shape index (κ3) is 5.38. The molecule has 172 valence electrons. The van der Waals surface area contributed by atoms with Crippen LogP contribution in [0.15, 0.2) is 85.1 Å². The molecule has 0 aliphatic heterocycles. The van der Waals surface area contributed by atoms with Crippen molar-refractivity contribution < 1.29 is 19.2 Å². The van der Waals surface area contributed by atoms with Gasteiger partial charge in [-0.05, 0) is 42.5 Å². The van der Waals surface area contributed by atoms with Gasteiger partial charge >= 0.3 is 5.97 Å². The highest BCUT2D eigenvalue weighted by molar-refractivity contribution is 6.03. The molecule has 3 aromatic carbocycles. The minimum atomic E-state index is -0.513. The maximum Gasteiger partial charge on any atom is 0.306 e. The number of non-ortho nitro benzene ring substituents is 1. The number of fused-ring (bicyclic) bond motifs is 1. The molecule has 0 bridgehead atoms. The fourth-order valence-corrected chi connectivity index (χ4v) is 3.90. The number of aromatic nitrogens is 1. The predicted molar refractivity (Wildman–Crippen MR) is 129 cm³/mol. The van der Waals surface area contributed by atoms with Crippen LogP contribution in [-0.4, -0.2) is 21.4 Å². The Balaban J connectivity index is 1.40. The van der Waals surface area contributed by atoms with Gasteiger partial charge in [-0.3, -0.25) is 24.3 Å². The summed E-state index contributed by atoms with van der Waals surface area (Å²) in [5.74, 6) is -0.553. The number of benzene rings is 3. The lowest BCUT2D eigenvalue weighted by Crippen LogP contribution is -2.11. The SMILES string of the molecule is O=C(CCCCc1cn(C(=O)c2cccc([N+](=O)[O-])c2)c2ccccc12)OCc1ccccc1. The largest absolute Gasteiger partial charge is 0.461 e. The van der Waals surface area contributed by atoms with Gasteiger partial charge in [-0.25, -0.2) is 0 Å². The number of rotatable bonds is 9. The molecule has 0 N–H and O–H groups in total. The van der Waals surface area contributed by atoms with Crippen molar-refractivity contribution in [3.8, 4) is 0 Å². The molecule has 0 saturated heterocycles. The summed E-state index contributed by atoms with van der Waals surface area (Å²) >= 11 is 0. The highest BCUT2D eigenvalue weighted by Gasteiger charge is 2.17. The minimum Gasteiger partial charge on any atom is -0.461 e. The fraction of sp³-hybridized carbons (Fsp3) is 0.185. The van der Waals surface area contributed by atoms with Gasteiger partial charge in [-0.1, -0.05) is 54.6 Å². The van der Waals surface area contributed by atoms with Gasteiger partial charge in [0.05, 0.1) is 10.4 Å². The molecular weight excluding hydrogens is 432 g/mol. The van der Waals surface area contributed by atoms with Crippen LogP contribution >= 0.6 is 0 Å². The molecule has 0 amide bonds. The standard InChI is InChI=1S/C27H24N2O5/c30-26(34-19-20-9-2-1-3-10-20)16-7-4-11-22-18-28(25-15-6-5-14-24(22)25)27(31)21-12-8-13-23(17-21)29(32)33/h1-3,5-6,8-10,12-15,17-18H,4,7,11,16,19H2. The number of carbonyl (C=O) groups is 2. The monoisotopic (exact) mass is 456 g/mol. The predicted octanol–water partition coefficient (Wildman–Crippen LogP) is 5.69. The molecule has 0 spiro atoms. The summed E-state index contributed by atoms with van der Waals surface area (Å²) in [5, 5.41) is 12.0. The average Bonchev–Trinajstić information content (AvgIpc) is 3.24. The summed E-state index contributed by atoms with van der Waals surface area (Å²) in [7, 11) is 0. The molecule has 7 nitrogen and oxygen atoms in total. The van der Waals surface area contributed by atoms with Crippen molar-refractivity contribution in [2.75, 3.05) is 0 Å². The summed E-state index contributed by atoms with van der Waals surface area (Å²) < 4.78 is 6.87. The second kappa shape index (κ2) is 10.6. The van der Waals surface area contributed by atoms with Gasteiger partial charge in [0.25, 0.3) is 11.6 Å². The molecule has 4 aromatic rings. The van der Waals surface area contributed by atoms with E-state index in [0.717, 1.165) is 28.5 Å². The first-order chi connectivity index (χ1) is 16.5. The van der Waals surface area contributed by atoms with Gasteiger partial charge in [0.1, 0.15) is 6.61 Å². The Kier molecular flexibility index (Phi) is 7.13. The van der Waals surface area contributed by atoms with Gasteiger partial charge in [-0.15, -0.1) is 0 Å². The Morgan fingerprint density at radius 1 is 0.912 bits per heavy atom. The molecule has 0 aliphatic carbocycles. The molecule has 4 rings (SSSR count). The van der Waals surface area contributed by atoms with Crippen molar-refractivity contribution in [3.05, 3.63) is 112 Å². The van der Waals surface area contributed by atoms with E-state index >= 15 is 0 Å². The highest BCUT2D eigenvalue weighted by atomic mass is 16.6. The molecule has 0 radical (unpaired) electrons. The van der Waals surface area contributed by atoms with Crippen LogP contribution in [-0.2, 0) is 22.6 Å². The number of hydrogen-bond donors (Lipinski definition) is 0. The molecule has 0 unspecified atom stereocenters. The first kappa shape index (κ1) is 22.9. The Labute approximate surface area is 196 Å². The number of unbranched alkanes of at least 4 members (excludes halogenated alkanes) is 1. The minimum absolute atomic E-state index is 0.123. The average molecular weight is 456 g/mol. The zero-order valence-corrected chi connectivity index (χ0v) is 18.6. The van der Waals surface area contributed by atoms with E-state index < -0.39 is 4.92 Å². The molecule has 0 fully saturated rings. The van der Waals surface area contributed by atoms with Crippen LogP contribution in [0.2, 0.25) is 0 Å². The van der Waals surface area contributed by atoms with Crippen LogP contribution in [0.4, 0.5) is 5.69 Å². The summed E-state index contributed by atoms with van der Waals surface area (Å²) in [6, 6.07) is 22.9. The molecule has 0 atom stereocenters. The molecule has 34 heavy (non-hydrogen) atoms. The number of esters is 1. The first-order valence-corrected chi connectivity index (χ1v) is 11.1. The molecule has 1 aromatic heterocycles. The zero-order chi connectivity index (χ0) is 23.9. The van der Waals surface area contributed by atoms with E-state index in [1.54, 1.807) is 12.3 Å². The van der Waals surface area contributed by atoms with Gasteiger partial charge in [0.15, 0.2) is 0 Å². The van der Waals surface area contributed by atoms with Crippen molar-refractivity contribution in [1.29, 1.82) is 0 Å². The smallest absolute Gasteiger partial charge is 0.306 e. The number of nitrogens with zero attached hydrogens (tertiary/aromatic N) is 2. The van der Waals surface area contributed by atoms with Crippen LogP contribution in [0.25, 0.3) is 10.9 Å². The number of aryl methyl sites for hydroxylation is 1. The van der Waals surface area contributed by atoms with Gasteiger partial charge in [0, 0.05) is 35.7 Å². The van der Waals surface area contributed by atoms with Crippen molar-refractivity contribution in [2.45, 2.75) is 32.3 Å². The van der Waals surface area contributed by atoms with Crippen molar-refractivity contribution in [1.82, 2.24) is 4.57 Å². The normalized spacial score (nSPS) is 10.8. The number of carbonyl (C=O) groups excluding carboxylic acids is 2. The first-order valence-electron chi connectivity index (χ1n) is 11.1. The maximum atomic E-state index is 13.1. The van der Waals surface area contributed by atoms with E-state index in [2.05, 4.69) is 0 Å². The quantitative estimate of drug-likeness (QED) is 0.140. The number of para-hydroxylation sites is 1. The molecule has 0 saturated carbocycles. The van der Waals surface area contributed by atoms with E-state index in [4.69, 9.17) is 4.74 Å². The lowest BCUT2D eigenvalue weighted by atomic mass is 10.1. The summed E-state index contributed by atoms with van der Waals surface area (Å²) in [6.45, 7) is 0.271. The van der Waals surface area contributed by atoms with Gasteiger partial charge < -0.3 is 4.74 Å². The summed E-state index contributed by atoms with van der Waals surface area (Å²) in [4.78, 5) is 35.8. The maximum absolute atomic E-state index is 13.1. The number of ether oxygens (including phenoxy) is 1. The van der Waals surface area contributed by atoms with E-state index in [-0.39, 0.29) is 29.7 Å². The highest BCUT2D eigenvalue weighted by Crippen LogP contribution is 2.25. The molecule has 1 heterocycles. The van der Waals surface area contributed by atoms with Crippen LogP contribution in [0.3, 0.4) is 0 Å². The third-order valence-electron chi connectivity index (χ3n) is 5.64. The second-order valence-corrected chi connectivity index (χ2v) is 8.01. The van der Waals surface area contributed by atoms with Crippen LogP contribution in [0.5, 0.6) is 0 Å². The lowest BCUT2D eigenvalue weighted by molar-refractivity contribution is -0.384. The summed E-state index contributed by atoms with van der Waals surface area (Å²) in [5.41, 5.74) is 2.82. The number of hydrogen-bond acceptors (Lipinski definition) is 5.